The number of hydrogen-bond acceptors (Lipinski definition) is 4. The third kappa shape index (κ3) is 5.93. The van der Waals surface area contributed by atoms with Crippen LogP contribution >= 0.6 is 11.6 Å². The van der Waals surface area contributed by atoms with Crippen molar-refractivity contribution in [2.24, 2.45) is 5.92 Å². The predicted octanol–water partition coefficient (Wildman–Crippen LogP) is 2.90. The highest BCUT2D eigenvalue weighted by molar-refractivity contribution is 6.30. The van der Waals surface area contributed by atoms with Crippen molar-refractivity contribution in [3.63, 3.8) is 0 Å². The largest absolute Gasteiger partial charge is 0.543 e. The van der Waals surface area contributed by atoms with Crippen molar-refractivity contribution < 1.29 is 19.4 Å². The third-order valence-corrected chi connectivity index (χ3v) is 3.60. The minimum Gasteiger partial charge on any atom is -0.543 e. The summed E-state index contributed by atoms with van der Waals surface area (Å²) in [5.41, 5.74) is 0.550. The fourth-order valence-corrected chi connectivity index (χ4v) is 2.16. The zero-order valence-corrected chi connectivity index (χ0v) is 15.2. The molecule has 26 heavy (non-hydrogen) atoms. The van der Waals surface area contributed by atoms with E-state index < -0.39 is 11.9 Å². The second-order valence-corrected chi connectivity index (χ2v) is 6.52. The molecule has 0 fully saturated rings. The number of carboxylic acids is 1. The van der Waals surface area contributed by atoms with Crippen LogP contribution in [-0.4, -0.2) is 18.5 Å². The molecule has 0 aliphatic carbocycles. The number of carbonyl (C=O) groups excluding carboxylic acids is 2. The Kier molecular flexibility index (Phi) is 6.81. The molecular formula is C20H19ClNO4-. The van der Waals surface area contributed by atoms with Crippen LogP contribution in [0.1, 0.15) is 29.8 Å². The van der Waals surface area contributed by atoms with Gasteiger partial charge < -0.3 is 20.0 Å². The van der Waals surface area contributed by atoms with Crippen LogP contribution in [0, 0.1) is 5.92 Å². The van der Waals surface area contributed by atoms with Gasteiger partial charge in [-0.05, 0) is 54.0 Å². The van der Waals surface area contributed by atoms with Crippen molar-refractivity contribution in [3.8, 4) is 5.75 Å². The minimum absolute atomic E-state index is 0.310. The van der Waals surface area contributed by atoms with Crippen molar-refractivity contribution in [1.82, 2.24) is 5.32 Å². The molecule has 0 atom stereocenters. The van der Waals surface area contributed by atoms with Crippen molar-refractivity contribution in [2.45, 2.75) is 13.8 Å². The zero-order valence-electron chi connectivity index (χ0n) is 14.5. The highest BCUT2D eigenvalue weighted by atomic mass is 35.5. The van der Waals surface area contributed by atoms with E-state index in [1.807, 2.05) is 13.8 Å². The molecule has 0 aliphatic heterocycles. The SMILES string of the molecule is CC(C)COc1ccc(C(=O)N/C(=C/c2ccc(Cl)cc2)C(=O)[O-])cc1. The van der Waals surface area contributed by atoms with Gasteiger partial charge in [-0.15, -0.1) is 0 Å². The van der Waals surface area contributed by atoms with Gasteiger partial charge >= 0.3 is 0 Å². The number of rotatable bonds is 7. The number of carboxylic acid groups (broad SMARTS) is 1. The number of nitrogens with one attached hydrogen (secondary N) is 1. The summed E-state index contributed by atoms with van der Waals surface area (Å²) in [6.45, 7) is 4.65. The lowest BCUT2D eigenvalue weighted by molar-refractivity contribution is -0.299. The minimum atomic E-state index is -1.48. The molecule has 0 saturated carbocycles. The van der Waals surface area contributed by atoms with E-state index in [4.69, 9.17) is 16.3 Å². The van der Waals surface area contributed by atoms with E-state index in [-0.39, 0.29) is 5.70 Å². The van der Waals surface area contributed by atoms with Crippen LogP contribution in [0.25, 0.3) is 6.08 Å². The Balaban J connectivity index is 2.10. The fourth-order valence-electron chi connectivity index (χ4n) is 2.03. The quantitative estimate of drug-likeness (QED) is 0.758. The zero-order chi connectivity index (χ0) is 19.1. The lowest BCUT2D eigenvalue weighted by Gasteiger charge is -2.12. The summed E-state index contributed by atoms with van der Waals surface area (Å²) in [6, 6.07) is 13.0. The Morgan fingerprint density at radius 2 is 1.73 bits per heavy atom. The topological polar surface area (TPSA) is 78.5 Å². The molecule has 0 radical (unpaired) electrons. The van der Waals surface area contributed by atoms with E-state index in [1.54, 1.807) is 48.5 Å². The van der Waals surface area contributed by atoms with Gasteiger partial charge in [0.2, 0.25) is 0 Å². The van der Waals surface area contributed by atoms with E-state index >= 15 is 0 Å². The van der Waals surface area contributed by atoms with Crippen LogP contribution in [0.2, 0.25) is 5.02 Å². The average molecular weight is 373 g/mol. The molecule has 5 nitrogen and oxygen atoms in total. The van der Waals surface area contributed by atoms with Gasteiger partial charge in [0.25, 0.3) is 5.91 Å². The van der Waals surface area contributed by atoms with Crippen LogP contribution in [-0.2, 0) is 4.79 Å². The molecule has 1 amide bonds. The summed E-state index contributed by atoms with van der Waals surface area (Å²) in [5, 5.41) is 14.2. The number of carbonyl (C=O) groups is 2. The van der Waals surface area contributed by atoms with Gasteiger partial charge in [0.1, 0.15) is 5.75 Å². The number of aliphatic carboxylic acids is 1. The molecule has 136 valence electrons. The maximum absolute atomic E-state index is 12.3. The molecule has 0 saturated heterocycles. The van der Waals surface area contributed by atoms with Gasteiger partial charge in [-0.3, -0.25) is 4.79 Å². The van der Waals surface area contributed by atoms with Gasteiger partial charge in [0.15, 0.2) is 0 Å². The summed E-state index contributed by atoms with van der Waals surface area (Å²) in [6.07, 6.45) is 1.31. The Bertz CT molecular complexity index is 796. The Hall–Kier alpha value is -2.79. The third-order valence-electron chi connectivity index (χ3n) is 3.35. The fraction of sp³-hybridized carbons (Fsp3) is 0.200. The second-order valence-electron chi connectivity index (χ2n) is 6.08. The normalized spacial score (nSPS) is 11.3. The molecule has 2 aromatic carbocycles. The highest BCUT2D eigenvalue weighted by Crippen LogP contribution is 2.15. The van der Waals surface area contributed by atoms with Crippen molar-refractivity contribution in [1.29, 1.82) is 0 Å². The molecule has 2 aromatic rings. The van der Waals surface area contributed by atoms with Crippen LogP contribution in [0.5, 0.6) is 5.75 Å². The monoisotopic (exact) mass is 372 g/mol. The standard InChI is InChI=1S/C20H20ClNO4/c1-13(2)12-26-17-9-5-15(6-10-17)19(23)22-18(20(24)25)11-14-3-7-16(21)8-4-14/h3-11,13H,12H2,1-2H3,(H,22,23)(H,24,25)/p-1/b18-11+. The molecule has 0 aliphatic rings. The van der Waals surface area contributed by atoms with Gasteiger partial charge in [-0.25, -0.2) is 0 Å². The summed E-state index contributed by atoms with van der Waals surface area (Å²) in [5.74, 6) is -0.997. The summed E-state index contributed by atoms with van der Waals surface area (Å²) < 4.78 is 5.55. The summed E-state index contributed by atoms with van der Waals surface area (Å²) in [7, 11) is 0. The summed E-state index contributed by atoms with van der Waals surface area (Å²) in [4.78, 5) is 23.6. The molecule has 6 heteroatoms. The Labute approximate surface area is 157 Å². The Morgan fingerprint density at radius 3 is 2.27 bits per heavy atom. The lowest BCUT2D eigenvalue weighted by Crippen LogP contribution is -2.35. The Morgan fingerprint density at radius 1 is 1.12 bits per heavy atom. The second kappa shape index (κ2) is 9.06. The first kappa shape index (κ1) is 19.5. The lowest BCUT2D eigenvalue weighted by atomic mass is 10.1. The first-order valence-electron chi connectivity index (χ1n) is 8.08. The molecule has 0 aromatic heterocycles. The molecule has 2 rings (SSSR count). The van der Waals surface area contributed by atoms with E-state index in [2.05, 4.69) is 5.32 Å². The predicted molar refractivity (Wildman–Crippen MR) is 98.7 cm³/mol. The summed E-state index contributed by atoms with van der Waals surface area (Å²) >= 11 is 5.80. The average Bonchev–Trinajstić information content (AvgIpc) is 2.61. The number of hydrogen-bond donors (Lipinski definition) is 1. The number of benzene rings is 2. The van der Waals surface area contributed by atoms with E-state index in [0.29, 0.717) is 34.4 Å². The van der Waals surface area contributed by atoms with Crippen LogP contribution < -0.4 is 15.2 Å². The van der Waals surface area contributed by atoms with Crippen molar-refractivity contribution in [3.05, 3.63) is 70.4 Å². The number of halogens is 1. The van der Waals surface area contributed by atoms with Gasteiger partial charge in [-0.2, -0.15) is 0 Å². The molecule has 0 heterocycles. The number of amides is 1. The first-order chi connectivity index (χ1) is 12.3. The van der Waals surface area contributed by atoms with Gasteiger partial charge in [0.05, 0.1) is 18.3 Å². The maximum Gasteiger partial charge on any atom is 0.255 e. The molecule has 0 bridgehead atoms. The van der Waals surface area contributed by atoms with Gasteiger partial charge in [-0.1, -0.05) is 37.6 Å². The van der Waals surface area contributed by atoms with Gasteiger partial charge in [0, 0.05) is 10.6 Å². The highest BCUT2D eigenvalue weighted by Gasteiger charge is 2.09. The maximum atomic E-state index is 12.3. The van der Waals surface area contributed by atoms with Crippen LogP contribution in [0.4, 0.5) is 0 Å². The van der Waals surface area contributed by atoms with Crippen LogP contribution in [0.3, 0.4) is 0 Å². The first-order valence-corrected chi connectivity index (χ1v) is 8.46. The van der Waals surface area contributed by atoms with E-state index in [1.165, 1.54) is 6.08 Å². The molecule has 1 N–H and O–H groups in total. The molecule has 0 unspecified atom stereocenters. The van der Waals surface area contributed by atoms with E-state index in [0.717, 1.165) is 0 Å². The van der Waals surface area contributed by atoms with E-state index in [9.17, 15) is 14.7 Å². The number of ether oxygens (including phenoxy) is 1. The van der Waals surface area contributed by atoms with Crippen LogP contribution in [0.15, 0.2) is 54.2 Å². The van der Waals surface area contributed by atoms with Crippen molar-refractivity contribution in [2.75, 3.05) is 6.61 Å². The molecular weight excluding hydrogens is 354 g/mol. The smallest absolute Gasteiger partial charge is 0.255 e. The van der Waals surface area contributed by atoms with Crippen molar-refractivity contribution >= 4 is 29.6 Å². The molecule has 0 spiro atoms.